The van der Waals surface area contributed by atoms with Gasteiger partial charge in [0.2, 0.25) is 5.89 Å². The number of fused-ring (bicyclic) bond motifs is 1. The molecule has 0 radical (unpaired) electrons. The van der Waals surface area contributed by atoms with Gasteiger partial charge in [-0.1, -0.05) is 0 Å². The van der Waals surface area contributed by atoms with Crippen LogP contribution in [0, 0.1) is 0 Å². The lowest BCUT2D eigenvalue weighted by Crippen LogP contribution is -1.90. The van der Waals surface area contributed by atoms with Gasteiger partial charge >= 0.3 is 0 Å². The summed E-state index contributed by atoms with van der Waals surface area (Å²) in [7, 11) is 3.16. The van der Waals surface area contributed by atoms with Crippen molar-refractivity contribution in [1.82, 2.24) is 4.98 Å². The molecule has 0 amide bonds. The van der Waals surface area contributed by atoms with E-state index >= 15 is 0 Å². The summed E-state index contributed by atoms with van der Waals surface area (Å²) < 4.78 is 16.1. The molecule has 0 aliphatic carbocycles. The van der Waals surface area contributed by atoms with Crippen molar-refractivity contribution in [3.05, 3.63) is 36.4 Å². The number of hydrogen-bond acceptors (Lipinski definition) is 5. The molecule has 3 rings (SSSR count). The predicted octanol–water partition coefficient (Wildman–Crippen LogP) is 3.22. The van der Waals surface area contributed by atoms with E-state index in [1.165, 1.54) is 6.07 Å². The van der Waals surface area contributed by atoms with Gasteiger partial charge in [0.05, 0.1) is 14.2 Å². The first-order chi connectivity index (χ1) is 9.71. The molecule has 0 spiro atoms. The third-order valence-corrected chi connectivity index (χ3v) is 3.00. The highest BCUT2D eigenvalue weighted by molar-refractivity contribution is 5.78. The minimum Gasteiger partial charge on any atom is -0.508 e. The van der Waals surface area contributed by atoms with E-state index in [1.807, 2.05) is 6.07 Å². The SMILES string of the molecule is COc1ccc(-c2nc3ccc(O)cc3o2)cc1OC. The van der Waals surface area contributed by atoms with Crippen LogP contribution < -0.4 is 9.47 Å². The number of ether oxygens (including phenoxy) is 2. The van der Waals surface area contributed by atoms with Crippen LogP contribution in [0.25, 0.3) is 22.6 Å². The minimum absolute atomic E-state index is 0.146. The van der Waals surface area contributed by atoms with Gasteiger partial charge in [0.1, 0.15) is 11.3 Å². The zero-order valence-electron chi connectivity index (χ0n) is 11.1. The monoisotopic (exact) mass is 271 g/mol. The first-order valence-electron chi connectivity index (χ1n) is 6.03. The topological polar surface area (TPSA) is 64.7 Å². The first-order valence-corrected chi connectivity index (χ1v) is 6.03. The maximum absolute atomic E-state index is 9.44. The fraction of sp³-hybridized carbons (Fsp3) is 0.133. The van der Waals surface area contributed by atoms with Crippen LogP contribution in [0.5, 0.6) is 17.2 Å². The molecule has 0 saturated heterocycles. The molecule has 1 N–H and O–H groups in total. The summed E-state index contributed by atoms with van der Waals surface area (Å²) in [5.41, 5.74) is 2.00. The Morgan fingerprint density at radius 2 is 1.80 bits per heavy atom. The van der Waals surface area contributed by atoms with E-state index in [2.05, 4.69) is 4.98 Å². The third-order valence-electron chi connectivity index (χ3n) is 3.00. The Labute approximate surface area is 115 Å². The predicted molar refractivity (Wildman–Crippen MR) is 74.2 cm³/mol. The van der Waals surface area contributed by atoms with E-state index in [-0.39, 0.29) is 5.75 Å². The molecule has 0 unspecified atom stereocenters. The van der Waals surface area contributed by atoms with Gasteiger partial charge < -0.3 is 19.0 Å². The lowest BCUT2D eigenvalue weighted by molar-refractivity contribution is 0.355. The van der Waals surface area contributed by atoms with E-state index in [9.17, 15) is 5.11 Å². The molecule has 0 bridgehead atoms. The van der Waals surface area contributed by atoms with Crippen LogP contribution in [0.15, 0.2) is 40.8 Å². The van der Waals surface area contributed by atoms with Gasteiger partial charge in [-0.3, -0.25) is 0 Å². The number of nitrogens with zero attached hydrogens (tertiary/aromatic N) is 1. The standard InChI is InChI=1S/C15H13NO4/c1-18-12-6-3-9(7-14(12)19-2)15-16-11-5-4-10(17)8-13(11)20-15/h3-8,17H,1-2H3. The molecule has 1 heterocycles. The normalized spacial score (nSPS) is 10.7. The average Bonchev–Trinajstić information content (AvgIpc) is 2.89. The molecule has 0 fully saturated rings. The van der Waals surface area contributed by atoms with Crippen molar-refractivity contribution in [2.75, 3.05) is 14.2 Å². The van der Waals surface area contributed by atoms with Crippen molar-refractivity contribution in [3.63, 3.8) is 0 Å². The van der Waals surface area contributed by atoms with E-state index in [0.29, 0.717) is 28.5 Å². The van der Waals surface area contributed by atoms with Crippen LogP contribution in [0.3, 0.4) is 0 Å². The summed E-state index contributed by atoms with van der Waals surface area (Å²) >= 11 is 0. The lowest BCUT2D eigenvalue weighted by Gasteiger charge is -2.07. The molecule has 5 nitrogen and oxygen atoms in total. The number of aromatic nitrogens is 1. The molecule has 0 aliphatic rings. The fourth-order valence-corrected chi connectivity index (χ4v) is 2.01. The molecule has 0 saturated carbocycles. The minimum atomic E-state index is 0.146. The van der Waals surface area contributed by atoms with Crippen LogP contribution >= 0.6 is 0 Å². The fourth-order valence-electron chi connectivity index (χ4n) is 2.01. The summed E-state index contributed by atoms with van der Waals surface area (Å²) in [5, 5.41) is 9.44. The molecule has 3 aromatic rings. The van der Waals surface area contributed by atoms with Crippen molar-refractivity contribution in [2.45, 2.75) is 0 Å². The van der Waals surface area contributed by atoms with Crippen LogP contribution in [-0.4, -0.2) is 24.3 Å². The maximum atomic E-state index is 9.44. The van der Waals surface area contributed by atoms with E-state index < -0.39 is 0 Å². The number of benzene rings is 2. The number of phenolic OH excluding ortho intramolecular Hbond substituents is 1. The second-order valence-electron chi connectivity index (χ2n) is 4.24. The highest BCUT2D eigenvalue weighted by Gasteiger charge is 2.12. The van der Waals surface area contributed by atoms with Crippen molar-refractivity contribution in [2.24, 2.45) is 0 Å². The Morgan fingerprint density at radius 1 is 1.00 bits per heavy atom. The Balaban J connectivity index is 2.10. The van der Waals surface area contributed by atoms with Gasteiger partial charge in [-0.25, -0.2) is 4.98 Å². The Kier molecular flexibility index (Phi) is 2.95. The van der Waals surface area contributed by atoms with Gasteiger partial charge in [-0.05, 0) is 30.3 Å². The van der Waals surface area contributed by atoms with E-state index in [1.54, 1.807) is 38.5 Å². The number of hydrogen-bond donors (Lipinski definition) is 1. The van der Waals surface area contributed by atoms with E-state index in [4.69, 9.17) is 13.9 Å². The number of aromatic hydroxyl groups is 1. The summed E-state index contributed by atoms with van der Waals surface area (Å²) in [6.07, 6.45) is 0. The molecule has 2 aromatic carbocycles. The number of oxazole rings is 1. The zero-order chi connectivity index (χ0) is 14.1. The van der Waals surface area contributed by atoms with Gasteiger partial charge in [-0.2, -0.15) is 0 Å². The number of rotatable bonds is 3. The summed E-state index contributed by atoms with van der Waals surface area (Å²) in [5.74, 6) is 1.86. The largest absolute Gasteiger partial charge is 0.508 e. The third kappa shape index (κ3) is 2.03. The number of methoxy groups -OCH3 is 2. The Morgan fingerprint density at radius 3 is 2.55 bits per heavy atom. The summed E-state index contributed by atoms with van der Waals surface area (Å²) in [6, 6.07) is 10.2. The van der Waals surface area contributed by atoms with Crippen molar-refractivity contribution in [1.29, 1.82) is 0 Å². The van der Waals surface area contributed by atoms with Gasteiger partial charge in [-0.15, -0.1) is 0 Å². The zero-order valence-corrected chi connectivity index (χ0v) is 11.1. The highest BCUT2D eigenvalue weighted by atomic mass is 16.5. The molecule has 102 valence electrons. The molecule has 0 atom stereocenters. The Hall–Kier alpha value is -2.69. The molecular formula is C15H13NO4. The van der Waals surface area contributed by atoms with Crippen LogP contribution in [0.1, 0.15) is 0 Å². The molecule has 5 heteroatoms. The highest BCUT2D eigenvalue weighted by Crippen LogP contribution is 2.33. The van der Waals surface area contributed by atoms with E-state index in [0.717, 1.165) is 5.56 Å². The average molecular weight is 271 g/mol. The van der Waals surface area contributed by atoms with Crippen LogP contribution in [0.4, 0.5) is 0 Å². The molecule has 0 aliphatic heterocycles. The smallest absolute Gasteiger partial charge is 0.227 e. The second kappa shape index (κ2) is 4.77. The van der Waals surface area contributed by atoms with Crippen molar-refractivity contribution < 1.29 is 19.0 Å². The van der Waals surface area contributed by atoms with Crippen molar-refractivity contribution >= 4 is 11.1 Å². The van der Waals surface area contributed by atoms with Gasteiger partial charge in [0, 0.05) is 11.6 Å². The Bertz CT molecular complexity index is 764. The quantitative estimate of drug-likeness (QED) is 0.792. The molecule has 1 aromatic heterocycles. The van der Waals surface area contributed by atoms with Crippen LogP contribution in [-0.2, 0) is 0 Å². The van der Waals surface area contributed by atoms with Crippen molar-refractivity contribution in [3.8, 4) is 28.7 Å². The van der Waals surface area contributed by atoms with Crippen LogP contribution in [0.2, 0.25) is 0 Å². The second-order valence-corrected chi connectivity index (χ2v) is 4.24. The van der Waals surface area contributed by atoms with Gasteiger partial charge in [0.25, 0.3) is 0 Å². The molecular weight excluding hydrogens is 258 g/mol. The number of phenols is 1. The molecule has 20 heavy (non-hydrogen) atoms. The maximum Gasteiger partial charge on any atom is 0.227 e. The summed E-state index contributed by atoms with van der Waals surface area (Å²) in [4.78, 5) is 4.38. The van der Waals surface area contributed by atoms with Gasteiger partial charge in [0.15, 0.2) is 17.1 Å². The first kappa shape index (κ1) is 12.3. The lowest BCUT2D eigenvalue weighted by atomic mass is 10.2. The summed E-state index contributed by atoms with van der Waals surface area (Å²) in [6.45, 7) is 0.